The van der Waals surface area contributed by atoms with E-state index in [0.717, 1.165) is 24.0 Å². The Balaban J connectivity index is 1.63. The number of hydrogen-bond donors (Lipinski definition) is 2. The van der Waals surface area contributed by atoms with E-state index in [1.807, 2.05) is 36.4 Å². The van der Waals surface area contributed by atoms with E-state index < -0.39 is 5.91 Å². The van der Waals surface area contributed by atoms with Crippen molar-refractivity contribution in [3.05, 3.63) is 69.7 Å². The van der Waals surface area contributed by atoms with Gasteiger partial charge in [0.05, 0.1) is 0 Å². The van der Waals surface area contributed by atoms with Gasteiger partial charge in [-0.1, -0.05) is 29.8 Å². The molecule has 1 unspecified atom stereocenters. The largest absolute Gasteiger partial charge is 0.366 e. The van der Waals surface area contributed by atoms with E-state index in [9.17, 15) is 9.59 Å². The first-order valence-corrected chi connectivity index (χ1v) is 8.34. The number of primary amides is 1. The molecule has 0 radical (unpaired) electrons. The van der Waals surface area contributed by atoms with Gasteiger partial charge >= 0.3 is 0 Å². The summed E-state index contributed by atoms with van der Waals surface area (Å²) in [6.45, 7) is 0.487. The number of rotatable bonds is 4. The number of carbonyl (C=O) groups excluding carboxylic acids is 2. The summed E-state index contributed by atoms with van der Waals surface area (Å²) in [4.78, 5) is 23.8. The quantitative estimate of drug-likeness (QED) is 0.896. The number of hydrogen-bond acceptors (Lipinski definition) is 2. The van der Waals surface area contributed by atoms with E-state index in [1.54, 1.807) is 6.07 Å². The lowest BCUT2D eigenvalue weighted by atomic mass is 9.82. The van der Waals surface area contributed by atoms with E-state index in [2.05, 4.69) is 5.32 Å². The molecule has 0 heterocycles. The van der Waals surface area contributed by atoms with Crippen LogP contribution < -0.4 is 11.1 Å². The summed E-state index contributed by atoms with van der Waals surface area (Å²) in [5.41, 5.74) is 9.09. The lowest BCUT2D eigenvalue weighted by molar-refractivity contribution is -0.125. The van der Waals surface area contributed by atoms with E-state index in [1.165, 1.54) is 5.56 Å². The third-order valence-electron chi connectivity index (χ3n) is 4.47. The van der Waals surface area contributed by atoms with Crippen LogP contribution in [-0.4, -0.2) is 11.8 Å². The Hall–Kier alpha value is -2.33. The molecule has 2 amide bonds. The van der Waals surface area contributed by atoms with Gasteiger partial charge in [0, 0.05) is 23.0 Å². The maximum atomic E-state index is 12.4. The van der Waals surface area contributed by atoms with Crippen molar-refractivity contribution in [3.8, 4) is 0 Å². The summed E-state index contributed by atoms with van der Waals surface area (Å²) in [5.74, 6) is -0.472. The first-order valence-electron chi connectivity index (χ1n) is 7.96. The first kappa shape index (κ1) is 16.5. The third-order valence-corrected chi connectivity index (χ3v) is 4.72. The maximum Gasteiger partial charge on any atom is 0.248 e. The van der Waals surface area contributed by atoms with Gasteiger partial charge in [0.25, 0.3) is 0 Å². The molecule has 3 N–H and O–H groups in total. The maximum absolute atomic E-state index is 12.4. The summed E-state index contributed by atoms with van der Waals surface area (Å²) in [5, 5.41) is 3.66. The summed E-state index contributed by atoms with van der Waals surface area (Å²) in [6.07, 6.45) is 2.30. The molecule has 4 nitrogen and oxygen atoms in total. The zero-order valence-corrected chi connectivity index (χ0v) is 14.0. The smallest absolute Gasteiger partial charge is 0.248 e. The van der Waals surface area contributed by atoms with Crippen LogP contribution in [0.4, 0.5) is 0 Å². The van der Waals surface area contributed by atoms with Crippen molar-refractivity contribution in [2.75, 3.05) is 0 Å². The Morgan fingerprint density at radius 3 is 2.58 bits per heavy atom. The van der Waals surface area contributed by atoms with Crippen LogP contribution >= 0.6 is 11.6 Å². The number of fused-ring (bicyclic) bond motifs is 1. The van der Waals surface area contributed by atoms with Crippen molar-refractivity contribution in [3.63, 3.8) is 0 Å². The Bertz CT molecular complexity index is 771. The normalized spacial score (nSPS) is 16.3. The fraction of sp³-hybridized carbons (Fsp3) is 0.263. The van der Waals surface area contributed by atoms with Gasteiger partial charge < -0.3 is 11.1 Å². The van der Waals surface area contributed by atoms with Crippen molar-refractivity contribution in [2.24, 2.45) is 11.7 Å². The molecule has 0 saturated carbocycles. The summed E-state index contributed by atoms with van der Waals surface area (Å²) < 4.78 is 0. The third kappa shape index (κ3) is 3.77. The predicted octanol–water partition coefficient (Wildman–Crippen LogP) is 2.86. The molecule has 0 fully saturated rings. The lowest BCUT2D eigenvalue weighted by Gasteiger charge is -2.24. The second-order valence-electron chi connectivity index (χ2n) is 6.13. The number of amides is 2. The minimum atomic E-state index is -0.438. The highest BCUT2D eigenvalue weighted by atomic mass is 35.5. The molecule has 0 aliphatic heterocycles. The predicted molar refractivity (Wildman–Crippen MR) is 93.8 cm³/mol. The SMILES string of the molecule is NC(=O)c1ccc2c(c1)CC(C(=O)NCc1ccc(Cl)cc1)CC2. The minimum absolute atomic E-state index is 0.0417. The molecule has 0 bridgehead atoms. The van der Waals surface area contributed by atoms with Gasteiger partial charge in [-0.3, -0.25) is 9.59 Å². The fourth-order valence-corrected chi connectivity index (χ4v) is 3.20. The van der Waals surface area contributed by atoms with Crippen LogP contribution in [0.1, 0.15) is 33.5 Å². The number of carbonyl (C=O) groups is 2. The van der Waals surface area contributed by atoms with E-state index in [4.69, 9.17) is 17.3 Å². The molecule has 124 valence electrons. The van der Waals surface area contributed by atoms with E-state index >= 15 is 0 Å². The van der Waals surface area contributed by atoms with Crippen LogP contribution in [0.2, 0.25) is 5.02 Å². The van der Waals surface area contributed by atoms with Crippen LogP contribution in [-0.2, 0) is 24.2 Å². The van der Waals surface area contributed by atoms with Crippen molar-refractivity contribution < 1.29 is 9.59 Å². The molecule has 0 saturated heterocycles. The fourth-order valence-electron chi connectivity index (χ4n) is 3.07. The van der Waals surface area contributed by atoms with Crippen LogP contribution in [0.25, 0.3) is 0 Å². The molecule has 1 aliphatic rings. The van der Waals surface area contributed by atoms with Crippen LogP contribution in [0, 0.1) is 5.92 Å². The number of nitrogens with two attached hydrogens (primary N) is 1. The summed E-state index contributed by atoms with van der Waals surface area (Å²) >= 11 is 5.86. The summed E-state index contributed by atoms with van der Waals surface area (Å²) in [6, 6.07) is 12.9. The van der Waals surface area contributed by atoms with Gasteiger partial charge in [0.15, 0.2) is 0 Å². The van der Waals surface area contributed by atoms with Crippen molar-refractivity contribution >= 4 is 23.4 Å². The highest BCUT2D eigenvalue weighted by Gasteiger charge is 2.25. The summed E-state index contributed by atoms with van der Waals surface area (Å²) in [7, 11) is 0. The number of aryl methyl sites for hydroxylation is 1. The number of benzene rings is 2. The zero-order valence-electron chi connectivity index (χ0n) is 13.2. The van der Waals surface area contributed by atoms with Gasteiger partial charge in [-0.25, -0.2) is 0 Å². The molecular weight excluding hydrogens is 324 g/mol. The second-order valence-corrected chi connectivity index (χ2v) is 6.57. The Morgan fingerprint density at radius 2 is 1.88 bits per heavy atom. The highest BCUT2D eigenvalue weighted by Crippen LogP contribution is 2.26. The first-order chi connectivity index (χ1) is 11.5. The molecule has 1 atom stereocenters. The lowest BCUT2D eigenvalue weighted by Crippen LogP contribution is -2.33. The van der Waals surface area contributed by atoms with Crippen LogP contribution in [0.3, 0.4) is 0 Å². The molecule has 2 aromatic carbocycles. The Kier molecular flexibility index (Phi) is 4.86. The molecule has 2 aromatic rings. The van der Waals surface area contributed by atoms with Gasteiger partial charge in [-0.2, -0.15) is 0 Å². The molecule has 0 aromatic heterocycles. The van der Waals surface area contributed by atoms with Gasteiger partial charge in [0.1, 0.15) is 0 Å². The van der Waals surface area contributed by atoms with Crippen molar-refractivity contribution in [1.82, 2.24) is 5.32 Å². The van der Waals surface area contributed by atoms with Gasteiger partial charge in [-0.15, -0.1) is 0 Å². The van der Waals surface area contributed by atoms with Crippen molar-refractivity contribution in [1.29, 1.82) is 0 Å². The Labute approximate surface area is 146 Å². The van der Waals surface area contributed by atoms with Gasteiger partial charge in [-0.05, 0) is 60.2 Å². The topological polar surface area (TPSA) is 72.2 Å². The number of nitrogens with one attached hydrogen (secondary N) is 1. The highest BCUT2D eigenvalue weighted by molar-refractivity contribution is 6.30. The monoisotopic (exact) mass is 342 g/mol. The van der Waals surface area contributed by atoms with Crippen LogP contribution in [0.5, 0.6) is 0 Å². The van der Waals surface area contributed by atoms with E-state index in [-0.39, 0.29) is 11.8 Å². The molecule has 3 rings (SSSR count). The average molecular weight is 343 g/mol. The molecule has 1 aliphatic carbocycles. The van der Waals surface area contributed by atoms with Crippen LogP contribution in [0.15, 0.2) is 42.5 Å². The second kappa shape index (κ2) is 7.05. The average Bonchev–Trinajstić information content (AvgIpc) is 2.60. The molecular formula is C19H19ClN2O2. The number of halogens is 1. The minimum Gasteiger partial charge on any atom is -0.366 e. The zero-order chi connectivity index (χ0) is 17.1. The molecule has 0 spiro atoms. The standard InChI is InChI=1S/C19H19ClN2O2/c20-17-7-1-12(2-8-17)11-22-19(24)15-6-4-13-3-5-14(18(21)23)9-16(13)10-15/h1-3,5,7-9,15H,4,6,10-11H2,(H2,21,23)(H,22,24). The van der Waals surface area contributed by atoms with Crippen molar-refractivity contribution in [2.45, 2.75) is 25.8 Å². The molecule has 5 heteroatoms. The van der Waals surface area contributed by atoms with E-state index in [0.29, 0.717) is 23.6 Å². The molecule has 24 heavy (non-hydrogen) atoms. The Morgan fingerprint density at radius 1 is 1.12 bits per heavy atom. The van der Waals surface area contributed by atoms with Gasteiger partial charge in [0.2, 0.25) is 11.8 Å².